The first-order valence-corrected chi connectivity index (χ1v) is 6.74. The first-order chi connectivity index (χ1) is 10.8. The molecule has 2 unspecified atom stereocenters. The molecule has 0 aromatic heterocycles. The lowest BCUT2D eigenvalue weighted by molar-refractivity contribution is -0.384. The summed E-state index contributed by atoms with van der Waals surface area (Å²) in [5.41, 5.74) is 0.514. The molecule has 0 fully saturated rings. The predicted molar refractivity (Wildman–Crippen MR) is 77.3 cm³/mol. The molecule has 0 aliphatic carbocycles. The third-order valence-corrected chi connectivity index (χ3v) is 3.51. The monoisotopic (exact) mass is 321 g/mol. The van der Waals surface area contributed by atoms with Crippen molar-refractivity contribution < 1.29 is 29.1 Å². The number of rotatable bonds is 4. The van der Waals surface area contributed by atoms with Crippen LogP contribution >= 0.6 is 0 Å². The second kappa shape index (κ2) is 6.17. The normalized spacial score (nSPS) is 23.4. The van der Waals surface area contributed by atoms with Crippen molar-refractivity contribution >= 4 is 17.4 Å². The highest BCUT2D eigenvalue weighted by Crippen LogP contribution is 2.37. The maximum absolute atomic E-state index is 11.8. The number of hydrogen-bond donors (Lipinski definition) is 1. The van der Waals surface area contributed by atoms with Gasteiger partial charge in [-0.05, 0) is 11.6 Å². The van der Waals surface area contributed by atoms with Crippen molar-refractivity contribution in [3.63, 3.8) is 0 Å². The molecule has 0 spiro atoms. The molecule has 8 nitrogen and oxygen atoms in total. The average Bonchev–Trinajstić information content (AvgIpc) is 2.53. The van der Waals surface area contributed by atoms with E-state index in [1.165, 1.54) is 37.3 Å². The quantitative estimate of drug-likeness (QED) is 0.506. The van der Waals surface area contributed by atoms with Crippen molar-refractivity contribution in [2.45, 2.75) is 25.0 Å². The summed E-state index contributed by atoms with van der Waals surface area (Å²) in [5.74, 6) is -4.45. The van der Waals surface area contributed by atoms with Gasteiger partial charge in [-0.15, -0.1) is 0 Å². The molecule has 23 heavy (non-hydrogen) atoms. The van der Waals surface area contributed by atoms with Gasteiger partial charge >= 0.3 is 11.8 Å². The van der Waals surface area contributed by atoms with Gasteiger partial charge in [0.25, 0.3) is 5.69 Å². The van der Waals surface area contributed by atoms with Gasteiger partial charge < -0.3 is 14.6 Å². The lowest BCUT2D eigenvalue weighted by Crippen LogP contribution is -2.46. The SMILES string of the molecule is COC(=O)C1(O)CC(c2ccc([N+](=O)[O-])cc2)C=C(C(C)=O)O1. The average molecular weight is 321 g/mol. The molecule has 1 N–H and O–H groups in total. The van der Waals surface area contributed by atoms with E-state index in [1.54, 1.807) is 0 Å². The second-order valence-corrected chi connectivity index (χ2v) is 5.12. The van der Waals surface area contributed by atoms with Crippen LogP contribution in [0.25, 0.3) is 0 Å². The molecule has 2 atom stereocenters. The summed E-state index contributed by atoms with van der Waals surface area (Å²) in [6.07, 6.45) is 1.30. The highest BCUT2D eigenvalue weighted by atomic mass is 16.7. The smallest absolute Gasteiger partial charge is 0.379 e. The number of methoxy groups -OCH3 is 1. The Balaban J connectivity index is 2.39. The summed E-state index contributed by atoms with van der Waals surface area (Å²) >= 11 is 0. The number of non-ortho nitro benzene ring substituents is 1. The number of nitrogens with zero attached hydrogens (tertiary/aromatic N) is 1. The minimum atomic E-state index is -2.28. The second-order valence-electron chi connectivity index (χ2n) is 5.12. The molecule has 1 heterocycles. The fourth-order valence-electron chi connectivity index (χ4n) is 2.33. The number of hydrogen-bond acceptors (Lipinski definition) is 7. The van der Waals surface area contributed by atoms with Gasteiger partial charge in [-0.1, -0.05) is 12.1 Å². The topological polar surface area (TPSA) is 116 Å². The molecule has 0 bridgehead atoms. The van der Waals surface area contributed by atoms with E-state index in [0.29, 0.717) is 5.56 Å². The maximum Gasteiger partial charge on any atom is 0.379 e. The van der Waals surface area contributed by atoms with Gasteiger partial charge in [-0.25, -0.2) is 4.79 Å². The van der Waals surface area contributed by atoms with E-state index in [-0.39, 0.29) is 17.9 Å². The molecule has 1 aliphatic heterocycles. The van der Waals surface area contributed by atoms with Gasteiger partial charge in [0.05, 0.1) is 12.0 Å². The molecule has 1 aromatic carbocycles. The summed E-state index contributed by atoms with van der Waals surface area (Å²) in [6, 6.07) is 5.62. The Kier molecular flexibility index (Phi) is 4.46. The van der Waals surface area contributed by atoms with Gasteiger partial charge in [-0.3, -0.25) is 14.9 Å². The molecule has 0 amide bonds. The Morgan fingerprint density at radius 1 is 1.39 bits per heavy atom. The number of nitro groups is 1. The molecule has 122 valence electrons. The zero-order valence-corrected chi connectivity index (χ0v) is 12.5. The van der Waals surface area contributed by atoms with Crippen LogP contribution in [0.4, 0.5) is 5.69 Å². The molecular weight excluding hydrogens is 306 g/mol. The van der Waals surface area contributed by atoms with Crippen molar-refractivity contribution in [2.24, 2.45) is 0 Å². The van der Waals surface area contributed by atoms with Gasteiger partial charge in [0.2, 0.25) is 0 Å². The van der Waals surface area contributed by atoms with Crippen LogP contribution in [0, 0.1) is 10.1 Å². The van der Waals surface area contributed by atoms with Crippen LogP contribution in [0.3, 0.4) is 0 Å². The van der Waals surface area contributed by atoms with E-state index in [0.717, 1.165) is 7.11 Å². The number of ether oxygens (including phenoxy) is 2. The number of aliphatic hydroxyl groups is 1. The van der Waals surface area contributed by atoms with Gasteiger partial charge in [0.1, 0.15) is 0 Å². The minimum Gasteiger partial charge on any atom is -0.464 e. The molecule has 0 saturated heterocycles. The maximum atomic E-state index is 11.8. The Labute approximate surface area is 131 Å². The Bertz CT molecular complexity index is 680. The number of esters is 1. The minimum absolute atomic E-state index is 0.0835. The highest BCUT2D eigenvalue weighted by Gasteiger charge is 2.46. The van der Waals surface area contributed by atoms with Crippen molar-refractivity contribution in [1.29, 1.82) is 0 Å². The van der Waals surface area contributed by atoms with Crippen LogP contribution in [0.1, 0.15) is 24.8 Å². The zero-order valence-electron chi connectivity index (χ0n) is 12.5. The number of ketones is 1. The van der Waals surface area contributed by atoms with Crippen LogP contribution < -0.4 is 0 Å². The Morgan fingerprint density at radius 3 is 2.48 bits per heavy atom. The third kappa shape index (κ3) is 3.37. The molecule has 2 rings (SSSR count). The summed E-state index contributed by atoms with van der Waals surface area (Å²) in [4.78, 5) is 33.5. The number of benzene rings is 1. The molecule has 1 aromatic rings. The molecule has 8 heteroatoms. The Morgan fingerprint density at radius 2 is 2.00 bits per heavy atom. The zero-order chi connectivity index (χ0) is 17.2. The molecule has 1 aliphatic rings. The number of carbonyl (C=O) groups excluding carboxylic acids is 2. The van der Waals surface area contributed by atoms with E-state index in [9.17, 15) is 24.8 Å². The van der Waals surface area contributed by atoms with Crippen LogP contribution in [-0.2, 0) is 19.1 Å². The van der Waals surface area contributed by atoms with Crippen molar-refractivity contribution in [2.75, 3.05) is 7.11 Å². The molecule has 0 saturated carbocycles. The van der Waals surface area contributed by atoms with E-state index in [1.807, 2.05) is 0 Å². The number of allylic oxidation sites excluding steroid dienone is 2. The first kappa shape index (κ1) is 16.6. The third-order valence-electron chi connectivity index (χ3n) is 3.51. The van der Waals surface area contributed by atoms with E-state index < -0.39 is 28.4 Å². The number of Topliss-reactive ketones (excluding diaryl/α,β-unsaturated/α-hetero) is 1. The van der Waals surface area contributed by atoms with E-state index in [4.69, 9.17) is 4.74 Å². The number of carbonyl (C=O) groups is 2. The fraction of sp³-hybridized carbons (Fsp3) is 0.333. The number of nitro benzene ring substituents is 1. The van der Waals surface area contributed by atoms with Gasteiger partial charge in [0, 0.05) is 31.4 Å². The predicted octanol–water partition coefficient (Wildman–Crippen LogP) is 1.43. The van der Waals surface area contributed by atoms with Crippen molar-refractivity contribution in [3.8, 4) is 0 Å². The van der Waals surface area contributed by atoms with Crippen LogP contribution in [-0.4, -0.2) is 34.7 Å². The van der Waals surface area contributed by atoms with Crippen LogP contribution in [0.5, 0.6) is 0 Å². The van der Waals surface area contributed by atoms with E-state index >= 15 is 0 Å². The van der Waals surface area contributed by atoms with Crippen molar-refractivity contribution in [3.05, 3.63) is 51.8 Å². The summed E-state index contributed by atoms with van der Waals surface area (Å²) in [6.45, 7) is 1.24. The first-order valence-electron chi connectivity index (χ1n) is 6.74. The standard InChI is InChI=1S/C15H15NO7/c1-9(17)13-7-11(8-15(19,23-13)14(18)22-2)10-3-5-12(6-4-10)16(20)21/h3-7,11,19H,8H2,1-2H3. The van der Waals surface area contributed by atoms with Crippen molar-refractivity contribution in [1.82, 2.24) is 0 Å². The highest BCUT2D eigenvalue weighted by molar-refractivity contribution is 5.92. The molecular formula is C15H15NO7. The fourth-order valence-corrected chi connectivity index (χ4v) is 2.33. The largest absolute Gasteiger partial charge is 0.464 e. The summed E-state index contributed by atoms with van der Waals surface area (Å²) in [5, 5.41) is 21.0. The van der Waals surface area contributed by atoms with Crippen LogP contribution in [0.15, 0.2) is 36.1 Å². The lowest BCUT2D eigenvalue weighted by Gasteiger charge is -2.33. The van der Waals surface area contributed by atoms with Crippen LogP contribution in [0.2, 0.25) is 0 Å². The van der Waals surface area contributed by atoms with Gasteiger partial charge in [-0.2, -0.15) is 0 Å². The summed E-state index contributed by atoms with van der Waals surface area (Å²) in [7, 11) is 1.09. The lowest BCUT2D eigenvalue weighted by atomic mass is 9.88. The Hall–Kier alpha value is -2.74. The summed E-state index contributed by atoms with van der Waals surface area (Å²) < 4.78 is 9.60. The van der Waals surface area contributed by atoms with E-state index in [2.05, 4.69) is 4.74 Å². The van der Waals surface area contributed by atoms with Gasteiger partial charge in [0.15, 0.2) is 11.5 Å². The molecule has 0 radical (unpaired) electrons.